The Labute approximate surface area is 174 Å². The topological polar surface area (TPSA) is 64.6 Å². The fourth-order valence-electron chi connectivity index (χ4n) is 2.74. The van der Waals surface area contributed by atoms with E-state index in [2.05, 4.69) is 35.1 Å². The zero-order valence-corrected chi connectivity index (χ0v) is 18.0. The van der Waals surface area contributed by atoms with E-state index < -0.39 is 12.0 Å². The van der Waals surface area contributed by atoms with E-state index in [4.69, 9.17) is 9.47 Å². The fraction of sp³-hybridized carbons (Fsp3) is 0.364. The number of halogens is 1. The standard InChI is InChI=1S/C22H26BrNO4/c1-4-15(2)17-10-11-20(18(23)13-17)28-14-21(25)24-19(22(26)27-3)12-16-8-6-5-7-9-16/h5-11,13,15,19H,4,12,14H2,1-3H3,(H,24,25). The molecular formula is C22H26BrNO4. The van der Waals surface area contributed by atoms with Gasteiger partial charge < -0.3 is 14.8 Å². The van der Waals surface area contributed by atoms with Crippen molar-refractivity contribution >= 4 is 27.8 Å². The van der Waals surface area contributed by atoms with Crippen LogP contribution < -0.4 is 10.1 Å². The number of methoxy groups -OCH3 is 1. The van der Waals surface area contributed by atoms with E-state index in [-0.39, 0.29) is 12.5 Å². The molecule has 5 nitrogen and oxygen atoms in total. The second-order valence-corrected chi connectivity index (χ2v) is 7.48. The Kier molecular flexibility index (Phi) is 8.51. The van der Waals surface area contributed by atoms with E-state index in [1.807, 2.05) is 48.5 Å². The first-order chi connectivity index (χ1) is 13.4. The fourth-order valence-corrected chi connectivity index (χ4v) is 3.25. The van der Waals surface area contributed by atoms with Crippen LogP contribution in [0.3, 0.4) is 0 Å². The van der Waals surface area contributed by atoms with Crippen LogP contribution in [0.1, 0.15) is 37.3 Å². The van der Waals surface area contributed by atoms with Gasteiger partial charge in [-0.2, -0.15) is 0 Å². The third-order valence-electron chi connectivity index (χ3n) is 4.60. The molecular weight excluding hydrogens is 422 g/mol. The number of hydrogen-bond donors (Lipinski definition) is 1. The second kappa shape index (κ2) is 10.9. The molecule has 0 radical (unpaired) electrons. The van der Waals surface area contributed by atoms with Crippen LogP contribution in [0, 0.1) is 0 Å². The predicted octanol–water partition coefficient (Wildman–Crippen LogP) is 4.24. The Bertz CT molecular complexity index is 794. The Hall–Kier alpha value is -2.34. The van der Waals surface area contributed by atoms with Gasteiger partial charge in [0.25, 0.3) is 5.91 Å². The molecule has 0 aliphatic heterocycles. The molecule has 2 rings (SSSR count). The number of nitrogens with one attached hydrogen (secondary N) is 1. The van der Waals surface area contributed by atoms with Crippen LogP contribution in [-0.4, -0.2) is 31.6 Å². The van der Waals surface area contributed by atoms with Crippen LogP contribution >= 0.6 is 15.9 Å². The summed E-state index contributed by atoms with van der Waals surface area (Å²) in [5, 5.41) is 2.69. The summed E-state index contributed by atoms with van der Waals surface area (Å²) < 4.78 is 11.2. The minimum absolute atomic E-state index is 0.191. The molecule has 28 heavy (non-hydrogen) atoms. The highest BCUT2D eigenvalue weighted by Gasteiger charge is 2.22. The van der Waals surface area contributed by atoms with Crippen LogP contribution in [0.5, 0.6) is 5.75 Å². The molecule has 6 heteroatoms. The Balaban J connectivity index is 1.96. The highest BCUT2D eigenvalue weighted by atomic mass is 79.9. The maximum atomic E-state index is 12.3. The number of amides is 1. The van der Waals surface area contributed by atoms with Gasteiger partial charge >= 0.3 is 5.97 Å². The van der Waals surface area contributed by atoms with Gasteiger partial charge in [0.2, 0.25) is 0 Å². The van der Waals surface area contributed by atoms with Crippen molar-refractivity contribution < 1.29 is 19.1 Å². The van der Waals surface area contributed by atoms with Crippen LogP contribution in [0.25, 0.3) is 0 Å². The van der Waals surface area contributed by atoms with Gasteiger partial charge in [-0.3, -0.25) is 4.79 Å². The monoisotopic (exact) mass is 447 g/mol. The third-order valence-corrected chi connectivity index (χ3v) is 5.22. The summed E-state index contributed by atoms with van der Waals surface area (Å²) in [5.41, 5.74) is 2.14. The molecule has 0 spiro atoms. The van der Waals surface area contributed by atoms with E-state index in [1.165, 1.54) is 12.7 Å². The normalized spacial score (nSPS) is 12.7. The number of esters is 1. The van der Waals surface area contributed by atoms with Gasteiger partial charge in [0, 0.05) is 6.42 Å². The summed E-state index contributed by atoms with van der Waals surface area (Å²) in [6.45, 7) is 4.11. The SMILES string of the molecule is CCC(C)c1ccc(OCC(=O)NC(Cc2ccccc2)C(=O)OC)c(Br)c1. The van der Waals surface area contributed by atoms with E-state index in [9.17, 15) is 9.59 Å². The minimum atomic E-state index is -0.764. The lowest BCUT2D eigenvalue weighted by atomic mass is 9.99. The van der Waals surface area contributed by atoms with Crippen molar-refractivity contribution in [1.82, 2.24) is 5.32 Å². The predicted molar refractivity (Wildman–Crippen MR) is 112 cm³/mol. The number of carbonyl (C=O) groups excluding carboxylic acids is 2. The summed E-state index contributed by atoms with van der Waals surface area (Å²) in [6.07, 6.45) is 1.40. The summed E-state index contributed by atoms with van der Waals surface area (Å²) in [6, 6.07) is 14.5. The van der Waals surface area contributed by atoms with Gasteiger partial charge in [0.1, 0.15) is 11.8 Å². The van der Waals surface area contributed by atoms with Gasteiger partial charge in [-0.05, 0) is 51.5 Å². The van der Waals surface area contributed by atoms with Crippen molar-refractivity contribution in [2.75, 3.05) is 13.7 Å². The zero-order valence-electron chi connectivity index (χ0n) is 16.4. The molecule has 0 bridgehead atoms. The molecule has 2 aromatic carbocycles. The molecule has 2 aromatic rings. The molecule has 0 aromatic heterocycles. The number of ether oxygens (including phenoxy) is 2. The van der Waals surface area contributed by atoms with Gasteiger partial charge in [-0.1, -0.05) is 50.2 Å². The lowest BCUT2D eigenvalue weighted by molar-refractivity contribution is -0.145. The van der Waals surface area contributed by atoms with Crippen LogP contribution in [0.15, 0.2) is 53.0 Å². The molecule has 2 unspecified atom stereocenters. The number of benzene rings is 2. The summed E-state index contributed by atoms with van der Waals surface area (Å²) in [5.74, 6) is 0.160. The Morgan fingerprint density at radius 3 is 2.46 bits per heavy atom. The number of hydrogen-bond acceptors (Lipinski definition) is 4. The highest BCUT2D eigenvalue weighted by molar-refractivity contribution is 9.10. The zero-order chi connectivity index (χ0) is 20.5. The van der Waals surface area contributed by atoms with Crippen molar-refractivity contribution in [3.05, 3.63) is 64.1 Å². The van der Waals surface area contributed by atoms with Gasteiger partial charge in [-0.25, -0.2) is 4.79 Å². The van der Waals surface area contributed by atoms with Crippen molar-refractivity contribution in [1.29, 1.82) is 0 Å². The summed E-state index contributed by atoms with van der Waals surface area (Å²) in [7, 11) is 1.30. The average molecular weight is 448 g/mol. The quantitative estimate of drug-likeness (QED) is 0.583. The van der Waals surface area contributed by atoms with Crippen LogP contribution in [0.4, 0.5) is 0 Å². The largest absolute Gasteiger partial charge is 0.483 e. The average Bonchev–Trinajstić information content (AvgIpc) is 2.71. The van der Waals surface area contributed by atoms with Gasteiger partial charge in [-0.15, -0.1) is 0 Å². The smallest absolute Gasteiger partial charge is 0.328 e. The molecule has 0 saturated heterocycles. The van der Waals surface area contributed by atoms with Crippen molar-refractivity contribution in [3.8, 4) is 5.75 Å². The van der Waals surface area contributed by atoms with E-state index >= 15 is 0 Å². The molecule has 0 heterocycles. The molecule has 2 atom stereocenters. The van der Waals surface area contributed by atoms with Gasteiger partial charge in [0.05, 0.1) is 11.6 Å². The summed E-state index contributed by atoms with van der Waals surface area (Å²) >= 11 is 3.49. The molecule has 1 amide bonds. The van der Waals surface area contributed by atoms with Crippen LogP contribution in [-0.2, 0) is 20.7 Å². The van der Waals surface area contributed by atoms with E-state index in [0.717, 1.165) is 16.5 Å². The number of rotatable bonds is 9. The summed E-state index contributed by atoms with van der Waals surface area (Å²) in [4.78, 5) is 24.3. The lowest BCUT2D eigenvalue weighted by Crippen LogP contribution is -2.44. The molecule has 0 saturated carbocycles. The van der Waals surface area contributed by atoms with Crippen molar-refractivity contribution in [2.45, 2.75) is 38.6 Å². The van der Waals surface area contributed by atoms with Crippen LogP contribution in [0.2, 0.25) is 0 Å². The Morgan fingerprint density at radius 2 is 1.86 bits per heavy atom. The first-order valence-electron chi connectivity index (χ1n) is 9.28. The third kappa shape index (κ3) is 6.37. The molecule has 0 aliphatic carbocycles. The lowest BCUT2D eigenvalue weighted by Gasteiger charge is -2.17. The van der Waals surface area contributed by atoms with Crippen molar-refractivity contribution in [2.24, 2.45) is 0 Å². The maximum absolute atomic E-state index is 12.3. The molecule has 150 valence electrons. The van der Waals surface area contributed by atoms with Crippen molar-refractivity contribution in [3.63, 3.8) is 0 Å². The first kappa shape index (κ1) is 22.0. The first-order valence-corrected chi connectivity index (χ1v) is 10.1. The minimum Gasteiger partial charge on any atom is -0.483 e. The Morgan fingerprint density at radius 1 is 1.14 bits per heavy atom. The maximum Gasteiger partial charge on any atom is 0.328 e. The second-order valence-electron chi connectivity index (χ2n) is 6.62. The molecule has 0 fully saturated rings. The van der Waals surface area contributed by atoms with E-state index in [0.29, 0.717) is 18.1 Å². The molecule has 1 N–H and O–H groups in total. The number of carbonyl (C=O) groups is 2. The van der Waals surface area contributed by atoms with E-state index in [1.54, 1.807) is 0 Å². The molecule has 0 aliphatic rings. The highest BCUT2D eigenvalue weighted by Crippen LogP contribution is 2.30. The van der Waals surface area contributed by atoms with Gasteiger partial charge in [0.15, 0.2) is 6.61 Å².